The number of rotatable bonds is 4. The molecule has 2 aromatic carbocycles. The lowest BCUT2D eigenvalue weighted by atomic mass is 10.2. The number of alkyl halides is 2. The molecule has 0 aliphatic rings. The van der Waals surface area contributed by atoms with E-state index in [0.29, 0.717) is 0 Å². The monoisotopic (exact) mass is 354 g/mol. The molecule has 0 N–H and O–H groups in total. The van der Waals surface area contributed by atoms with Crippen LogP contribution in [0, 0.1) is 28.5 Å². The van der Waals surface area contributed by atoms with Crippen LogP contribution in [0.3, 0.4) is 0 Å². The van der Waals surface area contributed by atoms with Crippen molar-refractivity contribution in [3.63, 3.8) is 0 Å². The third-order valence-corrected chi connectivity index (χ3v) is 3.90. The predicted octanol–water partition coefficient (Wildman–Crippen LogP) is 5.33. The van der Waals surface area contributed by atoms with E-state index < -0.39 is 11.6 Å². The van der Waals surface area contributed by atoms with E-state index >= 15 is 0 Å². The zero-order valence-corrected chi connectivity index (χ0v) is 12.8. The Hall–Kier alpha value is -2.35. The molecule has 0 saturated carbocycles. The third-order valence-electron chi connectivity index (χ3n) is 2.62. The predicted molar refractivity (Wildman–Crippen MR) is 79.2 cm³/mol. The van der Waals surface area contributed by atoms with E-state index in [1.807, 2.05) is 0 Å². The molecule has 116 valence electrons. The summed E-state index contributed by atoms with van der Waals surface area (Å²) in [6.07, 6.45) is 0. The van der Waals surface area contributed by atoms with Gasteiger partial charge in [-0.2, -0.15) is 19.3 Å². The fraction of sp³-hybridized carbons (Fsp3) is 0.0667. The first-order chi connectivity index (χ1) is 10.9. The molecule has 0 amide bonds. The first-order valence-electron chi connectivity index (χ1n) is 6.00. The Morgan fingerprint density at radius 3 is 2.48 bits per heavy atom. The number of halogens is 4. The van der Waals surface area contributed by atoms with E-state index in [4.69, 9.17) is 26.9 Å². The van der Waals surface area contributed by atoms with Crippen LogP contribution in [0.25, 0.3) is 0 Å². The summed E-state index contributed by atoms with van der Waals surface area (Å²) in [6, 6.07) is 9.42. The second kappa shape index (κ2) is 7.28. The van der Waals surface area contributed by atoms with Gasteiger partial charge in [-0.25, -0.2) is 4.39 Å². The van der Waals surface area contributed by atoms with Crippen LogP contribution in [0.5, 0.6) is 11.5 Å². The standard InChI is InChI=1S/C15H6ClF3N2OS/c16-14-11(7-21)12(1-2-13(14)23-15(18)19)22-10-4-8(6-20)3-9(17)5-10/h1-5,15H. The number of nitriles is 2. The Balaban J connectivity index is 2.41. The molecule has 3 nitrogen and oxygen atoms in total. The SMILES string of the molecule is N#Cc1cc(F)cc(Oc2ccc(SC(F)F)c(Cl)c2C#N)c1. The zero-order valence-electron chi connectivity index (χ0n) is 11.2. The van der Waals surface area contributed by atoms with Crippen LogP contribution >= 0.6 is 23.4 Å². The van der Waals surface area contributed by atoms with Crippen molar-refractivity contribution in [2.45, 2.75) is 10.7 Å². The molecule has 0 heterocycles. The van der Waals surface area contributed by atoms with Gasteiger partial charge in [-0.05, 0) is 24.3 Å². The third kappa shape index (κ3) is 4.10. The number of thioether (sulfide) groups is 1. The molecule has 8 heteroatoms. The first kappa shape index (κ1) is 17.0. The van der Waals surface area contributed by atoms with E-state index in [1.54, 1.807) is 12.1 Å². The van der Waals surface area contributed by atoms with Gasteiger partial charge in [0, 0.05) is 11.0 Å². The number of nitrogens with zero attached hydrogens (tertiary/aromatic N) is 2. The van der Waals surface area contributed by atoms with Gasteiger partial charge in [-0.1, -0.05) is 23.4 Å². The fourth-order valence-corrected chi connectivity index (χ4v) is 2.60. The average Bonchev–Trinajstić information content (AvgIpc) is 2.49. The van der Waals surface area contributed by atoms with E-state index in [9.17, 15) is 13.2 Å². The Morgan fingerprint density at radius 1 is 1.13 bits per heavy atom. The summed E-state index contributed by atoms with van der Waals surface area (Å²) < 4.78 is 43.6. The summed E-state index contributed by atoms with van der Waals surface area (Å²) >= 11 is 6.13. The van der Waals surface area contributed by atoms with Gasteiger partial charge >= 0.3 is 0 Å². The molecule has 0 bridgehead atoms. The molecule has 23 heavy (non-hydrogen) atoms. The lowest BCUT2D eigenvalue weighted by molar-refractivity contribution is 0.252. The molecular weight excluding hydrogens is 349 g/mol. The smallest absolute Gasteiger partial charge is 0.288 e. The van der Waals surface area contributed by atoms with Crippen molar-refractivity contribution >= 4 is 23.4 Å². The molecule has 0 fully saturated rings. The van der Waals surface area contributed by atoms with Crippen molar-refractivity contribution in [2.75, 3.05) is 0 Å². The van der Waals surface area contributed by atoms with Gasteiger partial charge in [0.15, 0.2) is 0 Å². The molecule has 0 aliphatic carbocycles. The van der Waals surface area contributed by atoms with E-state index in [2.05, 4.69) is 0 Å². The van der Waals surface area contributed by atoms with Gasteiger partial charge in [-0.3, -0.25) is 0 Å². The van der Waals surface area contributed by atoms with Crippen molar-refractivity contribution in [3.05, 3.63) is 52.3 Å². The molecule has 0 saturated heterocycles. The average molecular weight is 355 g/mol. The van der Waals surface area contributed by atoms with Crippen LogP contribution in [0.4, 0.5) is 13.2 Å². The van der Waals surface area contributed by atoms with Gasteiger partial charge in [0.25, 0.3) is 5.76 Å². The zero-order chi connectivity index (χ0) is 17.0. The highest BCUT2D eigenvalue weighted by molar-refractivity contribution is 7.99. The highest BCUT2D eigenvalue weighted by Crippen LogP contribution is 2.39. The molecule has 2 aromatic rings. The van der Waals surface area contributed by atoms with Crippen molar-refractivity contribution in [1.29, 1.82) is 10.5 Å². The molecule has 0 aromatic heterocycles. The van der Waals surface area contributed by atoms with Gasteiger partial charge < -0.3 is 4.74 Å². The van der Waals surface area contributed by atoms with Crippen LogP contribution < -0.4 is 4.74 Å². The topological polar surface area (TPSA) is 56.8 Å². The van der Waals surface area contributed by atoms with E-state index in [1.165, 1.54) is 18.2 Å². The van der Waals surface area contributed by atoms with Crippen LogP contribution in [-0.4, -0.2) is 5.76 Å². The maximum atomic E-state index is 13.4. The Labute approximate surface area is 138 Å². The minimum absolute atomic E-state index is 0.0108. The quantitative estimate of drug-likeness (QED) is 0.696. The molecular formula is C15H6ClF3N2OS. The number of benzene rings is 2. The number of ether oxygens (including phenoxy) is 1. The van der Waals surface area contributed by atoms with Crippen molar-refractivity contribution in [1.82, 2.24) is 0 Å². The van der Waals surface area contributed by atoms with Gasteiger partial charge in [0.05, 0.1) is 16.7 Å². The second-order valence-corrected chi connectivity index (χ2v) is 5.54. The Kier molecular flexibility index (Phi) is 5.38. The normalized spacial score (nSPS) is 10.2. The number of hydrogen-bond acceptors (Lipinski definition) is 4. The summed E-state index contributed by atoms with van der Waals surface area (Å²) in [5, 5.41) is 17.8. The lowest BCUT2D eigenvalue weighted by Crippen LogP contribution is -1.93. The maximum absolute atomic E-state index is 13.4. The van der Waals surface area contributed by atoms with Crippen LogP contribution in [0.1, 0.15) is 11.1 Å². The van der Waals surface area contributed by atoms with E-state index in [0.717, 1.165) is 12.1 Å². The van der Waals surface area contributed by atoms with Crippen molar-refractivity contribution < 1.29 is 17.9 Å². The number of hydrogen-bond donors (Lipinski definition) is 0. The van der Waals surface area contributed by atoms with Crippen LogP contribution in [0.15, 0.2) is 35.2 Å². The molecule has 0 radical (unpaired) electrons. The summed E-state index contributed by atoms with van der Waals surface area (Å²) in [4.78, 5) is 0.0301. The maximum Gasteiger partial charge on any atom is 0.288 e. The minimum Gasteiger partial charge on any atom is -0.456 e. The Bertz CT molecular complexity index is 831. The van der Waals surface area contributed by atoms with Gasteiger partial charge in [0.1, 0.15) is 28.9 Å². The van der Waals surface area contributed by atoms with Crippen LogP contribution in [0.2, 0.25) is 5.02 Å². The summed E-state index contributed by atoms with van der Waals surface area (Å²) in [5.74, 6) is -3.41. The summed E-state index contributed by atoms with van der Waals surface area (Å²) in [5.41, 5.74) is -0.116. The second-order valence-electron chi connectivity index (χ2n) is 4.13. The minimum atomic E-state index is -2.69. The first-order valence-corrected chi connectivity index (χ1v) is 7.26. The molecule has 0 unspecified atom stereocenters. The molecule has 0 spiro atoms. The fourth-order valence-electron chi connectivity index (χ4n) is 1.73. The lowest BCUT2D eigenvalue weighted by Gasteiger charge is -2.11. The van der Waals surface area contributed by atoms with Crippen molar-refractivity contribution in [2.24, 2.45) is 0 Å². The molecule has 0 atom stereocenters. The molecule has 2 rings (SSSR count). The summed E-state index contributed by atoms with van der Waals surface area (Å²) in [6.45, 7) is 0. The molecule has 0 aliphatic heterocycles. The largest absolute Gasteiger partial charge is 0.456 e. The van der Waals surface area contributed by atoms with E-state index in [-0.39, 0.29) is 44.3 Å². The van der Waals surface area contributed by atoms with Crippen LogP contribution in [-0.2, 0) is 0 Å². The summed E-state index contributed by atoms with van der Waals surface area (Å²) in [7, 11) is 0. The Morgan fingerprint density at radius 2 is 1.87 bits per heavy atom. The van der Waals surface area contributed by atoms with Gasteiger partial charge in [0.2, 0.25) is 0 Å². The van der Waals surface area contributed by atoms with Gasteiger partial charge in [-0.15, -0.1) is 0 Å². The highest BCUT2D eigenvalue weighted by atomic mass is 35.5. The van der Waals surface area contributed by atoms with Crippen molar-refractivity contribution in [3.8, 4) is 23.6 Å². The highest BCUT2D eigenvalue weighted by Gasteiger charge is 2.17.